The third-order valence-corrected chi connectivity index (χ3v) is 0.411. The summed E-state index contributed by atoms with van der Waals surface area (Å²) in [4.78, 5) is 12.1. The number of hydrogen-bond donors (Lipinski definition) is 1. The maximum atomic E-state index is 9.80. The first-order valence-electron chi connectivity index (χ1n) is 1.50. The summed E-state index contributed by atoms with van der Waals surface area (Å²) in [6.07, 6.45) is 0. The zero-order chi connectivity index (χ0) is 5.70. The maximum absolute atomic E-state index is 9.80. The highest BCUT2D eigenvalue weighted by Crippen LogP contribution is 1.78. The first kappa shape index (κ1) is 6.33. The number of carbonyl (C=O) groups excluding carboxylic acids is 1. The van der Waals surface area contributed by atoms with Gasteiger partial charge >= 0.3 is 0 Å². The maximum Gasteiger partial charge on any atom is 0.191 e. The average Bonchev–Trinajstić information content (AvgIpc) is 1.61. The highest BCUT2D eigenvalue weighted by Gasteiger charge is 1.84. The van der Waals surface area contributed by atoms with Crippen molar-refractivity contribution in [2.24, 2.45) is 5.11 Å². The Morgan fingerprint density at radius 2 is 2.57 bits per heavy atom. The molecule has 0 saturated heterocycles. The Labute approximate surface area is 45.6 Å². The smallest absolute Gasteiger partial charge is 0.191 e. The van der Waals surface area contributed by atoms with Gasteiger partial charge < -0.3 is 0 Å². The van der Waals surface area contributed by atoms with Crippen LogP contribution in [0.2, 0.25) is 0 Å². The minimum Gasteiger partial charge on any atom is -0.287 e. The van der Waals surface area contributed by atoms with Crippen molar-refractivity contribution in [3.8, 4) is 0 Å². The van der Waals surface area contributed by atoms with Crippen molar-refractivity contribution in [1.29, 1.82) is 0 Å². The molecule has 0 aliphatic rings. The highest BCUT2D eigenvalue weighted by atomic mass is 32.1. The molecule has 0 aromatic rings. The van der Waals surface area contributed by atoms with Gasteiger partial charge in [0, 0.05) is 4.91 Å². The lowest BCUT2D eigenvalue weighted by atomic mass is 10.8. The van der Waals surface area contributed by atoms with Crippen molar-refractivity contribution < 1.29 is 4.79 Å². The van der Waals surface area contributed by atoms with E-state index in [1.54, 1.807) is 0 Å². The van der Waals surface area contributed by atoms with Crippen molar-refractivity contribution in [3.63, 3.8) is 0 Å². The van der Waals surface area contributed by atoms with Crippen LogP contribution in [-0.4, -0.2) is 11.7 Å². The van der Waals surface area contributed by atoms with Gasteiger partial charge in [0.25, 0.3) is 0 Å². The Kier molecular flexibility index (Phi) is 3.18. The Hall–Kier alpha value is -0.670. The normalized spacial score (nSPS) is 7.00. The van der Waals surface area contributed by atoms with Crippen LogP contribution in [0.3, 0.4) is 0 Å². The van der Waals surface area contributed by atoms with E-state index in [0.717, 1.165) is 0 Å². The number of nitrogens with zero attached hydrogens (tertiary/aromatic N) is 3. The lowest BCUT2D eigenvalue weighted by Crippen LogP contribution is -1.87. The Bertz CT molecular complexity index is 116. The summed E-state index contributed by atoms with van der Waals surface area (Å²) < 4.78 is 0. The van der Waals surface area contributed by atoms with Gasteiger partial charge in [0.15, 0.2) is 5.12 Å². The van der Waals surface area contributed by atoms with E-state index < -0.39 is 5.12 Å². The van der Waals surface area contributed by atoms with E-state index in [1.807, 2.05) is 0 Å². The lowest BCUT2D eigenvalue weighted by molar-refractivity contribution is -0.109. The molecule has 5 heteroatoms. The molecule has 0 unspecified atom stereocenters. The third kappa shape index (κ3) is 5.33. The Morgan fingerprint density at radius 1 is 2.00 bits per heavy atom. The van der Waals surface area contributed by atoms with E-state index in [2.05, 4.69) is 22.7 Å². The molecule has 0 bridgehead atoms. The van der Waals surface area contributed by atoms with Gasteiger partial charge in [-0.3, -0.25) is 4.79 Å². The number of hydrogen-bond acceptors (Lipinski definition) is 2. The Morgan fingerprint density at radius 3 is 2.71 bits per heavy atom. The van der Waals surface area contributed by atoms with Gasteiger partial charge in [-0.05, 0) is 5.53 Å². The molecular weight excluding hydrogens is 114 g/mol. The molecule has 0 fully saturated rings. The van der Waals surface area contributed by atoms with Gasteiger partial charge in [-0.15, -0.1) is 12.6 Å². The molecule has 4 nitrogen and oxygen atoms in total. The van der Waals surface area contributed by atoms with Crippen LogP contribution in [0.4, 0.5) is 0 Å². The van der Waals surface area contributed by atoms with Crippen LogP contribution >= 0.6 is 12.6 Å². The van der Waals surface area contributed by atoms with Crippen LogP contribution in [0.5, 0.6) is 0 Å². The second-order valence-electron chi connectivity index (χ2n) is 0.783. The Balaban J connectivity index is 3.32. The summed E-state index contributed by atoms with van der Waals surface area (Å²) in [6.45, 7) is -0.167. The standard InChI is InChI=1S/C2H3N3OS/c3-5-4-1-2(6)7/h1H2,(H,6,7). The van der Waals surface area contributed by atoms with Crippen LogP contribution in [0, 0.1) is 0 Å². The van der Waals surface area contributed by atoms with Crippen molar-refractivity contribution in [1.82, 2.24) is 0 Å². The molecular formula is C2H3N3OS. The molecule has 0 spiro atoms. The molecule has 0 amide bonds. The molecule has 0 aliphatic heterocycles. The highest BCUT2D eigenvalue weighted by molar-refractivity contribution is 7.96. The molecule has 0 aromatic heterocycles. The van der Waals surface area contributed by atoms with Gasteiger partial charge in [-0.25, -0.2) is 0 Å². The molecule has 0 aromatic carbocycles. The zero-order valence-corrected chi connectivity index (χ0v) is 4.30. The van der Waals surface area contributed by atoms with Crippen molar-refractivity contribution in [3.05, 3.63) is 10.4 Å². The molecule has 0 heterocycles. The second-order valence-corrected chi connectivity index (χ2v) is 1.28. The molecule has 0 radical (unpaired) electrons. The summed E-state index contributed by atoms with van der Waals surface area (Å²) in [5, 5.41) is 2.51. The number of thiol groups is 1. The van der Waals surface area contributed by atoms with Crippen LogP contribution < -0.4 is 0 Å². The van der Waals surface area contributed by atoms with E-state index in [1.165, 1.54) is 0 Å². The van der Waals surface area contributed by atoms with Gasteiger partial charge in [-0.1, -0.05) is 5.11 Å². The molecule has 0 atom stereocenters. The largest absolute Gasteiger partial charge is 0.287 e. The first-order chi connectivity index (χ1) is 3.27. The fourth-order valence-electron chi connectivity index (χ4n) is 0.0921. The molecule has 0 N–H and O–H groups in total. The van der Waals surface area contributed by atoms with E-state index >= 15 is 0 Å². The number of carbonyl (C=O) groups is 1. The first-order valence-corrected chi connectivity index (χ1v) is 1.94. The fraction of sp³-hybridized carbons (Fsp3) is 0.500. The van der Waals surface area contributed by atoms with E-state index in [9.17, 15) is 4.79 Å². The van der Waals surface area contributed by atoms with E-state index in [4.69, 9.17) is 5.53 Å². The predicted octanol–water partition coefficient (Wildman–Crippen LogP) is 0.753. The predicted molar refractivity (Wildman–Crippen MR) is 28.0 cm³/mol. The minimum atomic E-state index is -0.419. The SMILES string of the molecule is [N-]=[N+]=NCC(=O)S. The zero-order valence-electron chi connectivity index (χ0n) is 3.40. The molecule has 0 aliphatic carbocycles. The van der Waals surface area contributed by atoms with Crippen LogP contribution in [0.1, 0.15) is 0 Å². The quantitative estimate of drug-likeness (QED) is 0.246. The molecule has 7 heavy (non-hydrogen) atoms. The van der Waals surface area contributed by atoms with Crippen molar-refractivity contribution in [2.75, 3.05) is 6.54 Å². The summed E-state index contributed by atoms with van der Waals surface area (Å²) in [7, 11) is 0. The van der Waals surface area contributed by atoms with Gasteiger partial charge in [-0.2, -0.15) is 0 Å². The van der Waals surface area contributed by atoms with Crippen LogP contribution in [0.15, 0.2) is 5.11 Å². The molecule has 38 valence electrons. The topological polar surface area (TPSA) is 65.8 Å². The van der Waals surface area contributed by atoms with Crippen molar-refractivity contribution in [2.45, 2.75) is 0 Å². The molecule has 0 rings (SSSR count). The van der Waals surface area contributed by atoms with Gasteiger partial charge in [0.2, 0.25) is 0 Å². The summed E-state index contributed by atoms with van der Waals surface area (Å²) in [5.41, 5.74) is 7.59. The summed E-state index contributed by atoms with van der Waals surface area (Å²) >= 11 is 3.33. The number of azide groups is 1. The second kappa shape index (κ2) is 3.52. The fourth-order valence-corrected chi connectivity index (χ4v) is 0.155. The van der Waals surface area contributed by atoms with Crippen LogP contribution in [0.25, 0.3) is 10.4 Å². The van der Waals surface area contributed by atoms with Gasteiger partial charge in [0.05, 0.1) is 6.54 Å². The van der Waals surface area contributed by atoms with Crippen molar-refractivity contribution >= 4 is 17.7 Å². The van der Waals surface area contributed by atoms with E-state index in [-0.39, 0.29) is 6.54 Å². The van der Waals surface area contributed by atoms with Gasteiger partial charge in [0.1, 0.15) is 0 Å². The monoisotopic (exact) mass is 117 g/mol. The summed E-state index contributed by atoms with van der Waals surface area (Å²) in [6, 6.07) is 0. The average molecular weight is 117 g/mol. The summed E-state index contributed by atoms with van der Waals surface area (Å²) in [5.74, 6) is 0. The third-order valence-electron chi connectivity index (χ3n) is 0.269. The number of rotatable bonds is 2. The minimum absolute atomic E-state index is 0.167. The van der Waals surface area contributed by atoms with E-state index in [0.29, 0.717) is 0 Å². The lowest BCUT2D eigenvalue weighted by Gasteiger charge is -1.73. The molecule has 0 saturated carbocycles. The van der Waals surface area contributed by atoms with Crippen LogP contribution in [-0.2, 0) is 4.79 Å².